The Labute approximate surface area is 122 Å². The third kappa shape index (κ3) is 4.74. The van der Waals surface area contributed by atoms with Crippen LogP contribution in [-0.4, -0.2) is 29.6 Å². The Kier molecular flexibility index (Phi) is 6.31. The van der Waals surface area contributed by atoms with E-state index in [0.717, 1.165) is 0 Å². The highest BCUT2D eigenvalue weighted by atomic mass is 35.5. The molecule has 0 fully saturated rings. The van der Waals surface area contributed by atoms with Gasteiger partial charge in [0.2, 0.25) is 0 Å². The molecule has 0 bridgehead atoms. The number of carboxylic acids is 1. The van der Waals surface area contributed by atoms with Crippen molar-refractivity contribution < 1.29 is 19.4 Å². The van der Waals surface area contributed by atoms with E-state index in [-0.39, 0.29) is 12.5 Å². The minimum Gasteiger partial charge on any atom is -0.481 e. The molecule has 0 saturated heterocycles. The van der Waals surface area contributed by atoms with Crippen LogP contribution in [0.2, 0.25) is 5.02 Å². The minimum absolute atomic E-state index is 0.0660. The SMILES string of the molecule is CCC(Oc1ccccc1Cl)C(=O)NCC(C)C(=O)O. The number of carbonyl (C=O) groups is 2. The van der Waals surface area contributed by atoms with Crippen molar-refractivity contribution in [1.29, 1.82) is 0 Å². The van der Waals surface area contributed by atoms with Gasteiger partial charge in [0.05, 0.1) is 10.9 Å². The number of ether oxygens (including phenoxy) is 1. The molecule has 20 heavy (non-hydrogen) atoms. The maximum absolute atomic E-state index is 11.9. The Morgan fingerprint density at radius 3 is 2.60 bits per heavy atom. The van der Waals surface area contributed by atoms with Crippen molar-refractivity contribution in [2.75, 3.05) is 6.54 Å². The van der Waals surface area contributed by atoms with Gasteiger partial charge in [0.15, 0.2) is 6.10 Å². The first-order valence-electron chi connectivity index (χ1n) is 6.37. The molecule has 0 aliphatic carbocycles. The lowest BCUT2D eigenvalue weighted by Crippen LogP contribution is -2.41. The van der Waals surface area contributed by atoms with Crippen LogP contribution in [0.25, 0.3) is 0 Å². The summed E-state index contributed by atoms with van der Waals surface area (Å²) < 4.78 is 5.56. The average Bonchev–Trinajstić information content (AvgIpc) is 2.43. The van der Waals surface area contributed by atoms with Crippen LogP contribution >= 0.6 is 11.6 Å². The minimum atomic E-state index is -0.953. The van der Waals surface area contributed by atoms with Crippen LogP contribution in [0.1, 0.15) is 20.3 Å². The molecule has 1 aromatic carbocycles. The zero-order chi connectivity index (χ0) is 15.1. The summed E-state index contributed by atoms with van der Waals surface area (Å²) in [6.45, 7) is 3.40. The van der Waals surface area contributed by atoms with Gasteiger partial charge < -0.3 is 15.2 Å². The second-order valence-corrected chi connectivity index (χ2v) is 4.84. The number of hydrogen-bond acceptors (Lipinski definition) is 3. The van der Waals surface area contributed by atoms with Gasteiger partial charge in [0.25, 0.3) is 5.91 Å². The van der Waals surface area contributed by atoms with E-state index in [4.69, 9.17) is 21.4 Å². The highest BCUT2D eigenvalue weighted by Crippen LogP contribution is 2.24. The Morgan fingerprint density at radius 1 is 1.40 bits per heavy atom. The molecule has 0 spiro atoms. The van der Waals surface area contributed by atoms with Gasteiger partial charge in [-0.1, -0.05) is 37.6 Å². The van der Waals surface area contributed by atoms with Crippen molar-refractivity contribution in [3.63, 3.8) is 0 Å². The number of para-hydroxylation sites is 1. The fraction of sp³-hybridized carbons (Fsp3) is 0.429. The van der Waals surface area contributed by atoms with Crippen molar-refractivity contribution in [3.05, 3.63) is 29.3 Å². The summed E-state index contributed by atoms with van der Waals surface area (Å²) >= 11 is 5.96. The van der Waals surface area contributed by atoms with Crippen LogP contribution < -0.4 is 10.1 Å². The third-order valence-electron chi connectivity index (χ3n) is 2.77. The number of nitrogens with one attached hydrogen (secondary N) is 1. The summed E-state index contributed by atoms with van der Waals surface area (Å²) in [7, 11) is 0. The fourth-order valence-corrected chi connectivity index (χ4v) is 1.65. The second-order valence-electron chi connectivity index (χ2n) is 4.43. The van der Waals surface area contributed by atoms with E-state index in [1.54, 1.807) is 24.3 Å². The monoisotopic (exact) mass is 299 g/mol. The summed E-state index contributed by atoms with van der Waals surface area (Å²) in [5.41, 5.74) is 0. The first kappa shape index (κ1) is 16.3. The van der Waals surface area contributed by atoms with Gasteiger partial charge in [-0.05, 0) is 18.6 Å². The lowest BCUT2D eigenvalue weighted by atomic mass is 10.2. The van der Waals surface area contributed by atoms with Gasteiger partial charge >= 0.3 is 5.97 Å². The smallest absolute Gasteiger partial charge is 0.308 e. The number of aliphatic carboxylic acids is 1. The summed E-state index contributed by atoms with van der Waals surface area (Å²) in [6, 6.07) is 6.88. The molecule has 2 atom stereocenters. The molecule has 0 aliphatic rings. The van der Waals surface area contributed by atoms with Crippen molar-refractivity contribution in [2.24, 2.45) is 5.92 Å². The number of benzene rings is 1. The van der Waals surface area contributed by atoms with Crippen LogP contribution in [0.5, 0.6) is 5.75 Å². The Morgan fingerprint density at radius 2 is 2.05 bits per heavy atom. The molecule has 0 aromatic heterocycles. The Hall–Kier alpha value is -1.75. The van der Waals surface area contributed by atoms with E-state index in [0.29, 0.717) is 17.2 Å². The van der Waals surface area contributed by atoms with Gasteiger partial charge in [-0.25, -0.2) is 0 Å². The highest BCUT2D eigenvalue weighted by Gasteiger charge is 2.21. The molecule has 0 saturated carbocycles. The molecule has 2 N–H and O–H groups in total. The summed E-state index contributed by atoms with van der Waals surface area (Å²) in [5, 5.41) is 11.8. The van der Waals surface area contributed by atoms with E-state index in [2.05, 4.69) is 5.32 Å². The topological polar surface area (TPSA) is 75.6 Å². The van der Waals surface area contributed by atoms with Gasteiger partial charge in [-0.2, -0.15) is 0 Å². The molecule has 6 heteroatoms. The first-order chi connectivity index (χ1) is 9.45. The normalized spacial score (nSPS) is 13.3. The average molecular weight is 300 g/mol. The Balaban J connectivity index is 2.60. The predicted octanol–water partition coefficient (Wildman–Crippen LogP) is 2.33. The number of amides is 1. The molecule has 110 valence electrons. The summed E-state index contributed by atoms with van der Waals surface area (Å²) in [5.74, 6) is -1.51. The molecule has 0 radical (unpaired) electrons. The van der Waals surface area contributed by atoms with E-state index in [1.807, 2.05) is 6.92 Å². The lowest BCUT2D eigenvalue weighted by molar-refractivity contribution is -0.141. The zero-order valence-electron chi connectivity index (χ0n) is 11.4. The van der Waals surface area contributed by atoms with Crippen molar-refractivity contribution in [2.45, 2.75) is 26.4 Å². The quantitative estimate of drug-likeness (QED) is 0.810. The third-order valence-corrected chi connectivity index (χ3v) is 3.09. The van der Waals surface area contributed by atoms with Crippen molar-refractivity contribution >= 4 is 23.5 Å². The van der Waals surface area contributed by atoms with Crippen LogP contribution in [0, 0.1) is 5.92 Å². The number of carboxylic acid groups (broad SMARTS) is 1. The molecule has 1 amide bonds. The van der Waals surface area contributed by atoms with Gasteiger partial charge in [0.1, 0.15) is 5.75 Å². The predicted molar refractivity (Wildman–Crippen MR) is 76.0 cm³/mol. The summed E-state index contributed by atoms with van der Waals surface area (Å²) in [4.78, 5) is 22.6. The second kappa shape index (κ2) is 7.75. The van der Waals surface area contributed by atoms with E-state index in [1.165, 1.54) is 6.92 Å². The number of halogens is 1. The zero-order valence-corrected chi connectivity index (χ0v) is 12.2. The van der Waals surface area contributed by atoms with Crippen molar-refractivity contribution in [3.8, 4) is 5.75 Å². The van der Waals surface area contributed by atoms with Gasteiger partial charge in [-0.15, -0.1) is 0 Å². The van der Waals surface area contributed by atoms with Crippen LogP contribution in [0.3, 0.4) is 0 Å². The maximum Gasteiger partial charge on any atom is 0.308 e. The fourth-order valence-electron chi connectivity index (χ4n) is 1.47. The summed E-state index contributed by atoms with van der Waals surface area (Å²) in [6.07, 6.45) is -0.241. The number of hydrogen-bond donors (Lipinski definition) is 2. The largest absolute Gasteiger partial charge is 0.481 e. The number of rotatable bonds is 7. The Bertz CT molecular complexity index is 478. The molecule has 1 rings (SSSR count). The van der Waals surface area contributed by atoms with Gasteiger partial charge in [0, 0.05) is 6.54 Å². The standard InChI is InChI=1S/C14H18ClNO4/c1-3-11(13(17)16-8-9(2)14(18)19)20-12-7-5-4-6-10(12)15/h4-7,9,11H,3,8H2,1-2H3,(H,16,17)(H,18,19). The van der Waals surface area contributed by atoms with E-state index >= 15 is 0 Å². The van der Waals surface area contributed by atoms with E-state index in [9.17, 15) is 9.59 Å². The molecule has 2 unspecified atom stereocenters. The lowest BCUT2D eigenvalue weighted by Gasteiger charge is -2.18. The molecular formula is C14H18ClNO4. The first-order valence-corrected chi connectivity index (χ1v) is 6.75. The van der Waals surface area contributed by atoms with Crippen LogP contribution in [0.4, 0.5) is 0 Å². The molecule has 5 nitrogen and oxygen atoms in total. The van der Waals surface area contributed by atoms with Gasteiger partial charge in [-0.3, -0.25) is 9.59 Å². The van der Waals surface area contributed by atoms with Crippen LogP contribution in [-0.2, 0) is 9.59 Å². The molecule has 1 aromatic rings. The van der Waals surface area contributed by atoms with Crippen molar-refractivity contribution in [1.82, 2.24) is 5.32 Å². The van der Waals surface area contributed by atoms with E-state index < -0.39 is 18.0 Å². The maximum atomic E-state index is 11.9. The molecule has 0 aliphatic heterocycles. The van der Waals surface area contributed by atoms with Crippen LogP contribution in [0.15, 0.2) is 24.3 Å². The molecule has 0 heterocycles. The number of carbonyl (C=O) groups excluding carboxylic acids is 1. The molecular weight excluding hydrogens is 282 g/mol. The highest BCUT2D eigenvalue weighted by molar-refractivity contribution is 6.32.